The van der Waals surface area contributed by atoms with E-state index in [1.165, 1.54) is 5.56 Å². The lowest BCUT2D eigenvalue weighted by atomic mass is 10.1. The van der Waals surface area contributed by atoms with E-state index in [0.29, 0.717) is 5.92 Å². The lowest BCUT2D eigenvalue weighted by Crippen LogP contribution is -2.04. The van der Waals surface area contributed by atoms with E-state index in [1.54, 1.807) is 17.0 Å². The van der Waals surface area contributed by atoms with Crippen molar-refractivity contribution >= 4 is 5.78 Å². The topological polar surface area (TPSA) is 38.1 Å². The molecule has 4 heteroatoms. The van der Waals surface area contributed by atoms with Crippen molar-refractivity contribution in [3.05, 3.63) is 30.2 Å². The van der Waals surface area contributed by atoms with Gasteiger partial charge in [-0.2, -0.15) is 5.10 Å². The minimum absolute atomic E-state index is 0.167. The first kappa shape index (κ1) is 10.9. The molecule has 0 bridgehead atoms. The normalized spacial score (nSPS) is 23.7. The number of rotatable bonds is 4. The molecular weight excluding hydrogens is 202 g/mol. The second-order valence-electron chi connectivity index (χ2n) is 4.58. The monoisotopic (exact) mass is 219 g/mol. The van der Waals surface area contributed by atoms with E-state index >= 15 is 0 Å². The Morgan fingerprint density at radius 2 is 2.38 bits per heavy atom. The highest BCUT2D eigenvalue weighted by Crippen LogP contribution is 2.47. The van der Waals surface area contributed by atoms with E-state index in [1.807, 2.05) is 38.4 Å². The summed E-state index contributed by atoms with van der Waals surface area (Å²) in [6, 6.07) is 0. The summed E-state index contributed by atoms with van der Waals surface area (Å²) in [4.78, 5) is 13.6. The van der Waals surface area contributed by atoms with Gasteiger partial charge in [-0.25, -0.2) is 0 Å². The predicted molar refractivity (Wildman–Crippen MR) is 61.9 cm³/mol. The van der Waals surface area contributed by atoms with Crippen molar-refractivity contribution in [2.45, 2.75) is 12.3 Å². The molecule has 1 fully saturated rings. The molecule has 1 heterocycles. The molecule has 2 unspecified atom stereocenters. The van der Waals surface area contributed by atoms with Gasteiger partial charge in [0.05, 0.1) is 6.20 Å². The molecule has 0 spiro atoms. The Morgan fingerprint density at radius 3 is 2.94 bits per heavy atom. The zero-order valence-corrected chi connectivity index (χ0v) is 9.92. The van der Waals surface area contributed by atoms with Gasteiger partial charge in [-0.05, 0) is 24.0 Å². The maximum absolute atomic E-state index is 11.8. The fourth-order valence-corrected chi connectivity index (χ4v) is 1.86. The van der Waals surface area contributed by atoms with Crippen LogP contribution in [-0.2, 0) is 11.8 Å². The summed E-state index contributed by atoms with van der Waals surface area (Å²) in [6.45, 7) is 0. The number of nitrogens with zero attached hydrogens (tertiary/aromatic N) is 3. The SMILES string of the molecule is CN(C)/C=C/C(=O)C1CC1c1cnn(C)c1. The third-order valence-electron chi connectivity index (χ3n) is 2.85. The maximum atomic E-state index is 11.8. The van der Waals surface area contributed by atoms with E-state index in [9.17, 15) is 4.79 Å². The Labute approximate surface area is 95.5 Å². The van der Waals surface area contributed by atoms with Crippen molar-refractivity contribution in [1.82, 2.24) is 14.7 Å². The minimum Gasteiger partial charge on any atom is -0.383 e. The molecule has 86 valence electrons. The van der Waals surface area contributed by atoms with Gasteiger partial charge in [-0.3, -0.25) is 9.48 Å². The van der Waals surface area contributed by atoms with E-state index in [0.717, 1.165) is 6.42 Å². The third kappa shape index (κ3) is 2.32. The Kier molecular flexibility index (Phi) is 2.81. The highest BCUT2D eigenvalue weighted by molar-refractivity contribution is 5.94. The molecule has 2 rings (SSSR count). The summed E-state index contributed by atoms with van der Waals surface area (Å²) in [7, 11) is 5.72. The maximum Gasteiger partial charge on any atom is 0.160 e. The van der Waals surface area contributed by atoms with Crippen molar-refractivity contribution < 1.29 is 4.79 Å². The van der Waals surface area contributed by atoms with Crippen molar-refractivity contribution in [2.75, 3.05) is 14.1 Å². The zero-order valence-electron chi connectivity index (χ0n) is 9.92. The molecule has 0 N–H and O–H groups in total. The molecule has 2 atom stereocenters. The second kappa shape index (κ2) is 4.12. The van der Waals surface area contributed by atoms with Crippen LogP contribution in [0.15, 0.2) is 24.7 Å². The van der Waals surface area contributed by atoms with Crippen LogP contribution in [0.25, 0.3) is 0 Å². The van der Waals surface area contributed by atoms with Crippen LogP contribution in [0.3, 0.4) is 0 Å². The largest absolute Gasteiger partial charge is 0.383 e. The number of hydrogen-bond donors (Lipinski definition) is 0. The standard InChI is InChI=1S/C12H17N3O/c1-14(2)5-4-12(16)11-6-10(11)9-7-13-15(3)8-9/h4-5,7-8,10-11H,6H2,1-3H3/b5-4+. The van der Waals surface area contributed by atoms with Crippen LogP contribution < -0.4 is 0 Å². The van der Waals surface area contributed by atoms with Crippen molar-refractivity contribution in [3.63, 3.8) is 0 Å². The Balaban J connectivity index is 1.94. The summed E-state index contributed by atoms with van der Waals surface area (Å²) in [5.41, 5.74) is 1.18. The number of hydrogen-bond acceptors (Lipinski definition) is 3. The molecule has 0 aliphatic heterocycles. The Hall–Kier alpha value is -1.58. The number of allylic oxidation sites excluding steroid dienone is 1. The van der Waals surface area contributed by atoms with Crippen LogP contribution in [0.4, 0.5) is 0 Å². The molecule has 0 amide bonds. The average molecular weight is 219 g/mol. The van der Waals surface area contributed by atoms with Gasteiger partial charge in [0.25, 0.3) is 0 Å². The number of ketones is 1. The van der Waals surface area contributed by atoms with Crippen LogP contribution in [0.1, 0.15) is 17.9 Å². The first-order valence-electron chi connectivity index (χ1n) is 5.45. The van der Waals surface area contributed by atoms with Crippen molar-refractivity contribution in [3.8, 4) is 0 Å². The average Bonchev–Trinajstić information content (AvgIpc) is 2.92. The van der Waals surface area contributed by atoms with Gasteiger partial charge in [0.1, 0.15) is 0 Å². The summed E-state index contributed by atoms with van der Waals surface area (Å²) in [6.07, 6.45) is 8.28. The predicted octanol–water partition coefficient (Wildman–Crippen LogP) is 1.17. The Bertz CT molecular complexity index is 420. The fourth-order valence-electron chi connectivity index (χ4n) is 1.86. The number of aromatic nitrogens is 2. The van der Waals surface area contributed by atoms with Crippen LogP contribution >= 0.6 is 0 Å². The molecule has 1 aromatic heterocycles. The molecule has 1 aliphatic rings. The van der Waals surface area contributed by atoms with Crippen LogP contribution in [0.2, 0.25) is 0 Å². The molecule has 1 aromatic rings. The van der Waals surface area contributed by atoms with Gasteiger partial charge in [-0.15, -0.1) is 0 Å². The first-order chi connectivity index (χ1) is 7.58. The highest BCUT2D eigenvalue weighted by atomic mass is 16.1. The van der Waals surface area contributed by atoms with E-state index in [-0.39, 0.29) is 11.7 Å². The number of aryl methyl sites for hydroxylation is 1. The van der Waals surface area contributed by atoms with Crippen molar-refractivity contribution in [2.24, 2.45) is 13.0 Å². The van der Waals surface area contributed by atoms with Gasteiger partial charge >= 0.3 is 0 Å². The summed E-state index contributed by atoms with van der Waals surface area (Å²) < 4.78 is 1.78. The van der Waals surface area contributed by atoms with E-state index in [2.05, 4.69) is 5.10 Å². The van der Waals surface area contributed by atoms with Gasteiger partial charge in [0, 0.05) is 39.5 Å². The molecule has 16 heavy (non-hydrogen) atoms. The molecule has 0 aromatic carbocycles. The minimum atomic E-state index is 0.167. The van der Waals surface area contributed by atoms with Gasteiger partial charge in [0.2, 0.25) is 0 Å². The van der Waals surface area contributed by atoms with E-state index < -0.39 is 0 Å². The van der Waals surface area contributed by atoms with Crippen LogP contribution in [0.5, 0.6) is 0 Å². The Morgan fingerprint density at radius 1 is 1.62 bits per heavy atom. The number of carbonyl (C=O) groups excluding carboxylic acids is 1. The summed E-state index contributed by atoms with van der Waals surface area (Å²) in [5, 5.41) is 4.12. The third-order valence-corrected chi connectivity index (χ3v) is 2.85. The highest BCUT2D eigenvalue weighted by Gasteiger charge is 2.43. The quantitative estimate of drug-likeness (QED) is 0.713. The summed E-state index contributed by atoms with van der Waals surface area (Å²) in [5.74, 6) is 0.774. The van der Waals surface area contributed by atoms with Gasteiger partial charge in [0.15, 0.2) is 5.78 Å². The van der Waals surface area contributed by atoms with Crippen molar-refractivity contribution in [1.29, 1.82) is 0 Å². The number of carbonyl (C=O) groups is 1. The van der Waals surface area contributed by atoms with Crippen LogP contribution in [-0.4, -0.2) is 34.6 Å². The van der Waals surface area contributed by atoms with Gasteiger partial charge in [-0.1, -0.05) is 0 Å². The fraction of sp³-hybridized carbons (Fsp3) is 0.500. The zero-order chi connectivity index (χ0) is 11.7. The molecular formula is C12H17N3O. The lowest BCUT2D eigenvalue weighted by molar-refractivity contribution is -0.115. The summed E-state index contributed by atoms with van der Waals surface area (Å²) >= 11 is 0. The second-order valence-corrected chi connectivity index (χ2v) is 4.58. The first-order valence-corrected chi connectivity index (χ1v) is 5.45. The molecule has 0 radical (unpaired) electrons. The molecule has 1 saturated carbocycles. The molecule has 1 aliphatic carbocycles. The van der Waals surface area contributed by atoms with E-state index in [4.69, 9.17) is 0 Å². The molecule has 0 saturated heterocycles. The van der Waals surface area contributed by atoms with Gasteiger partial charge < -0.3 is 4.90 Å². The lowest BCUT2D eigenvalue weighted by Gasteiger charge is -2.02. The molecule has 4 nitrogen and oxygen atoms in total. The van der Waals surface area contributed by atoms with Crippen LogP contribution in [0, 0.1) is 5.92 Å². The smallest absolute Gasteiger partial charge is 0.160 e.